The average Bonchev–Trinajstić information content (AvgIpc) is 3.01. The molecular weight excluding hydrogens is 599 g/mol. The van der Waals surface area contributed by atoms with E-state index in [1.54, 1.807) is 44.2 Å². The molecule has 0 aliphatic carbocycles. The number of hydrogen-bond donors (Lipinski definition) is 3. The second-order valence-corrected chi connectivity index (χ2v) is 12.0. The molecule has 0 radical (unpaired) electrons. The summed E-state index contributed by atoms with van der Waals surface area (Å²) in [7, 11) is -4.29. The zero-order valence-corrected chi connectivity index (χ0v) is 25.8. The summed E-state index contributed by atoms with van der Waals surface area (Å²) in [6.07, 6.45) is -0.112. The molecule has 0 bridgehead atoms. The average molecular weight is 633 g/mol. The summed E-state index contributed by atoms with van der Waals surface area (Å²) >= 11 is 0. The fourth-order valence-electron chi connectivity index (χ4n) is 4.81. The SMILES string of the molecule is CCN(CC)C(=O)C(Cc1ccc(NC(=O)c2cc(F)ccc2NC(C)=O)cc1)C(=O)NS(=O)(=O)c1ccc2ccccc2c1. The van der Waals surface area contributed by atoms with Crippen molar-refractivity contribution in [3.63, 3.8) is 0 Å². The van der Waals surface area contributed by atoms with Crippen LogP contribution in [0.1, 0.15) is 36.7 Å². The van der Waals surface area contributed by atoms with Crippen LogP contribution >= 0.6 is 0 Å². The first-order chi connectivity index (χ1) is 21.4. The predicted molar refractivity (Wildman–Crippen MR) is 169 cm³/mol. The van der Waals surface area contributed by atoms with E-state index in [9.17, 15) is 32.0 Å². The minimum Gasteiger partial charge on any atom is -0.343 e. The maximum atomic E-state index is 13.9. The van der Waals surface area contributed by atoms with Crippen molar-refractivity contribution in [3.8, 4) is 0 Å². The molecule has 234 valence electrons. The van der Waals surface area contributed by atoms with E-state index in [2.05, 4.69) is 15.4 Å². The lowest BCUT2D eigenvalue weighted by atomic mass is 9.97. The zero-order chi connectivity index (χ0) is 32.7. The van der Waals surface area contributed by atoms with Crippen LogP contribution in [-0.4, -0.2) is 50.0 Å². The molecule has 4 amide bonds. The lowest BCUT2D eigenvalue weighted by Gasteiger charge is -2.25. The minimum absolute atomic E-state index is 0.0801. The van der Waals surface area contributed by atoms with Crippen LogP contribution in [0.2, 0.25) is 0 Å². The Kier molecular flexibility index (Phi) is 10.3. The molecule has 0 saturated heterocycles. The van der Waals surface area contributed by atoms with Crippen LogP contribution in [0.5, 0.6) is 0 Å². The number of benzene rings is 4. The van der Waals surface area contributed by atoms with E-state index in [0.29, 0.717) is 29.7 Å². The molecule has 0 spiro atoms. The van der Waals surface area contributed by atoms with E-state index in [4.69, 9.17) is 0 Å². The highest BCUT2D eigenvalue weighted by Gasteiger charge is 2.33. The summed E-state index contributed by atoms with van der Waals surface area (Å²) < 4.78 is 42.4. The molecule has 0 heterocycles. The second kappa shape index (κ2) is 14.1. The number of nitrogens with one attached hydrogen (secondary N) is 3. The minimum atomic E-state index is -4.29. The van der Waals surface area contributed by atoms with Gasteiger partial charge in [0.05, 0.1) is 16.1 Å². The van der Waals surface area contributed by atoms with Crippen molar-refractivity contribution in [1.82, 2.24) is 9.62 Å². The summed E-state index contributed by atoms with van der Waals surface area (Å²) in [6.45, 7) is 5.43. The van der Waals surface area contributed by atoms with Gasteiger partial charge in [-0.2, -0.15) is 0 Å². The predicted octanol–water partition coefficient (Wildman–Crippen LogP) is 4.72. The van der Waals surface area contributed by atoms with Gasteiger partial charge in [0, 0.05) is 25.7 Å². The number of carbonyl (C=O) groups is 4. The number of halogens is 1. The first-order valence-corrected chi connectivity index (χ1v) is 15.7. The molecule has 4 rings (SSSR count). The number of sulfonamides is 1. The molecular formula is C33H33FN4O6S. The molecule has 4 aromatic carbocycles. The Bertz CT molecular complexity index is 1860. The van der Waals surface area contributed by atoms with Gasteiger partial charge in [-0.25, -0.2) is 17.5 Å². The highest BCUT2D eigenvalue weighted by Crippen LogP contribution is 2.22. The van der Waals surface area contributed by atoms with Gasteiger partial charge in [-0.05, 0) is 79.1 Å². The number of nitrogens with zero attached hydrogens (tertiary/aromatic N) is 1. The van der Waals surface area contributed by atoms with Crippen LogP contribution < -0.4 is 15.4 Å². The Hall–Kier alpha value is -5.10. The summed E-state index contributed by atoms with van der Waals surface area (Å²) in [4.78, 5) is 52.6. The number of rotatable bonds is 11. The summed E-state index contributed by atoms with van der Waals surface area (Å²) in [5.74, 6) is -4.60. The fraction of sp³-hybridized carbons (Fsp3) is 0.212. The van der Waals surface area contributed by atoms with Crippen LogP contribution in [0, 0.1) is 11.7 Å². The van der Waals surface area contributed by atoms with Gasteiger partial charge in [0.25, 0.3) is 15.9 Å². The van der Waals surface area contributed by atoms with E-state index < -0.39 is 45.4 Å². The molecule has 0 aliphatic heterocycles. The number of hydrogen-bond acceptors (Lipinski definition) is 6. The Balaban J connectivity index is 1.54. The van der Waals surface area contributed by atoms with E-state index in [1.165, 1.54) is 42.2 Å². The maximum Gasteiger partial charge on any atom is 0.264 e. The highest BCUT2D eigenvalue weighted by atomic mass is 32.2. The zero-order valence-electron chi connectivity index (χ0n) is 25.0. The lowest BCUT2D eigenvalue weighted by molar-refractivity contribution is -0.141. The fourth-order valence-corrected chi connectivity index (χ4v) is 5.86. The number of amides is 4. The van der Waals surface area contributed by atoms with Crippen molar-refractivity contribution in [1.29, 1.82) is 0 Å². The molecule has 45 heavy (non-hydrogen) atoms. The Morgan fingerprint density at radius 1 is 0.822 bits per heavy atom. The molecule has 0 saturated carbocycles. The third kappa shape index (κ3) is 8.09. The third-order valence-corrected chi connectivity index (χ3v) is 8.49. The summed E-state index contributed by atoms with van der Waals surface area (Å²) in [5, 5.41) is 6.64. The van der Waals surface area contributed by atoms with Crippen LogP contribution in [0.4, 0.5) is 15.8 Å². The standard InChI is InChI=1S/C33H33FN4O6S/c1-4-38(5-2)33(42)29(32(41)37-45(43,44)27-16-12-23-8-6-7-9-24(23)19-27)18-22-10-14-26(15-11-22)36-31(40)28-20-25(34)13-17-30(28)35-21(3)39/h6-17,19-20,29H,4-5,18H2,1-3H3,(H,35,39)(H,36,40)(H,37,41). The Labute approximate surface area is 260 Å². The van der Waals surface area contributed by atoms with Gasteiger partial charge in [-0.15, -0.1) is 0 Å². The molecule has 0 aromatic heterocycles. The molecule has 3 N–H and O–H groups in total. The van der Waals surface area contributed by atoms with Gasteiger partial charge >= 0.3 is 0 Å². The largest absolute Gasteiger partial charge is 0.343 e. The normalized spacial score (nSPS) is 11.8. The first kappa shape index (κ1) is 32.8. The van der Waals surface area contributed by atoms with Crippen molar-refractivity contribution in [2.75, 3.05) is 23.7 Å². The molecule has 0 fully saturated rings. The molecule has 4 aromatic rings. The first-order valence-electron chi connectivity index (χ1n) is 14.2. The van der Waals surface area contributed by atoms with Gasteiger partial charge in [-0.3, -0.25) is 19.2 Å². The van der Waals surface area contributed by atoms with Crippen molar-refractivity contribution in [3.05, 3.63) is 102 Å². The monoisotopic (exact) mass is 632 g/mol. The van der Waals surface area contributed by atoms with Crippen molar-refractivity contribution in [2.45, 2.75) is 32.1 Å². The number of fused-ring (bicyclic) bond motifs is 1. The van der Waals surface area contributed by atoms with E-state index in [-0.39, 0.29) is 22.6 Å². The topological polar surface area (TPSA) is 142 Å². The van der Waals surface area contributed by atoms with Crippen LogP contribution in [0.25, 0.3) is 10.8 Å². The number of carbonyl (C=O) groups excluding carboxylic acids is 4. The Morgan fingerprint density at radius 2 is 1.49 bits per heavy atom. The molecule has 12 heteroatoms. The third-order valence-electron chi connectivity index (χ3n) is 7.14. The molecule has 10 nitrogen and oxygen atoms in total. The molecule has 0 aliphatic rings. The lowest BCUT2D eigenvalue weighted by Crippen LogP contribution is -2.46. The summed E-state index contributed by atoms with van der Waals surface area (Å²) in [5.41, 5.74) is 0.919. The smallest absolute Gasteiger partial charge is 0.264 e. The molecule has 1 unspecified atom stereocenters. The Morgan fingerprint density at radius 3 is 2.13 bits per heavy atom. The van der Waals surface area contributed by atoms with Crippen molar-refractivity contribution in [2.24, 2.45) is 5.92 Å². The second-order valence-electron chi connectivity index (χ2n) is 10.3. The van der Waals surface area contributed by atoms with Crippen molar-refractivity contribution >= 4 is 55.8 Å². The van der Waals surface area contributed by atoms with E-state index >= 15 is 0 Å². The summed E-state index contributed by atoms with van der Waals surface area (Å²) in [6, 6.07) is 21.4. The van der Waals surface area contributed by atoms with Gasteiger partial charge in [-0.1, -0.05) is 42.5 Å². The highest BCUT2D eigenvalue weighted by molar-refractivity contribution is 7.90. The van der Waals surface area contributed by atoms with Crippen LogP contribution in [-0.2, 0) is 30.8 Å². The van der Waals surface area contributed by atoms with Gasteiger partial charge in [0.1, 0.15) is 11.7 Å². The van der Waals surface area contributed by atoms with E-state index in [0.717, 1.165) is 17.5 Å². The van der Waals surface area contributed by atoms with Crippen molar-refractivity contribution < 1.29 is 32.0 Å². The maximum absolute atomic E-state index is 13.9. The quantitative estimate of drug-likeness (QED) is 0.204. The molecule has 1 atom stereocenters. The van der Waals surface area contributed by atoms with E-state index in [1.807, 2.05) is 12.1 Å². The van der Waals surface area contributed by atoms with Crippen LogP contribution in [0.15, 0.2) is 89.8 Å². The van der Waals surface area contributed by atoms with Gasteiger partial charge in [0.15, 0.2) is 0 Å². The van der Waals surface area contributed by atoms with Crippen LogP contribution in [0.3, 0.4) is 0 Å². The van der Waals surface area contributed by atoms with Gasteiger partial charge in [0.2, 0.25) is 17.7 Å². The van der Waals surface area contributed by atoms with Gasteiger partial charge < -0.3 is 15.5 Å². The number of anilines is 2.